The Bertz CT molecular complexity index is 1300. The van der Waals surface area contributed by atoms with Crippen LogP contribution in [0.15, 0.2) is 47.4 Å². The van der Waals surface area contributed by atoms with Crippen molar-refractivity contribution < 1.29 is 31.9 Å². The zero-order chi connectivity index (χ0) is 24.3. The van der Waals surface area contributed by atoms with E-state index >= 15 is 0 Å². The molecule has 174 valence electrons. The number of halogens is 2. The summed E-state index contributed by atoms with van der Waals surface area (Å²) in [6.07, 6.45) is 0. The van der Waals surface area contributed by atoms with E-state index in [9.17, 15) is 26.8 Å². The molecule has 2 atom stereocenters. The molecule has 11 nitrogen and oxygen atoms in total. The van der Waals surface area contributed by atoms with Gasteiger partial charge in [-0.05, 0) is 12.1 Å². The van der Waals surface area contributed by atoms with E-state index in [0.717, 1.165) is 35.1 Å². The first-order valence-electron chi connectivity index (χ1n) is 9.05. The fourth-order valence-electron chi connectivity index (χ4n) is 2.53. The van der Waals surface area contributed by atoms with Crippen molar-refractivity contribution in [3.8, 4) is 0 Å². The maximum atomic E-state index is 13.9. The van der Waals surface area contributed by atoms with Gasteiger partial charge in [0.1, 0.15) is 17.2 Å². The summed E-state index contributed by atoms with van der Waals surface area (Å²) in [5, 5.41) is 15.4. The van der Waals surface area contributed by atoms with Gasteiger partial charge in [0, 0.05) is 0 Å². The Labute approximate surface area is 194 Å². The van der Waals surface area contributed by atoms with Crippen LogP contribution in [0.3, 0.4) is 0 Å². The van der Waals surface area contributed by atoms with Gasteiger partial charge in [0.25, 0.3) is 5.91 Å². The minimum Gasteiger partial charge on any atom is -0.266 e. The number of rotatable bonds is 7. The molecule has 33 heavy (non-hydrogen) atoms. The van der Waals surface area contributed by atoms with Crippen molar-refractivity contribution in [3.05, 3.63) is 59.7 Å². The number of nitrogens with zero attached hydrogens (tertiary/aromatic N) is 3. The van der Waals surface area contributed by atoms with E-state index in [1.807, 2.05) is 4.72 Å². The van der Waals surface area contributed by atoms with Crippen LogP contribution in [-0.4, -0.2) is 63.6 Å². The van der Waals surface area contributed by atoms with Gasteiger partial charge in [0.05, 0.1) is 0 Å². The van der Waals surface area contributed by atoms with E-state index in [-0.39, 0.29) is 16.5 Å². The van der Waals surface area contributed by atoms with Crippen LogP contribution in [0, 0.1) is 11.6 Å². The number of hydrogen-bond donors (Lipinski definition) is 4. The van der Waals surface area contributed by atoms with Gasteiger partial charge in [-0.3, -0.25) is 4.79 Å². The molecule has 1 heterocycles. The molecule has 0 radical (unpaired) electrons. The van der Waals surface area contributed by atoms with Crippen LogP contribution >= 0.6 is 0 Å². The third-order valence-electron chi connectivity index (χ3n) is 4.19. The molecule has 3 rings (SSSR count). The number of nitrogens with one attached hydrogen (secondary N) is 2. The first-order valence-corrected chi connectivity index (χ1v) is 11.9. The van der Waals surface area contributed by atoms with Crippen molar-refractivity contribution in [2.45, 2.75) is 9.60 Å². The number of aliphatic hydroxyl groups excluding tert-OH is 1. The molecular formula is C18H17AsF2N6O5S. The van der Waals surface area contributed by atoms with Gasteiger partial charge in [-0.2, -0.15) is 0 Å². The predicted molar refractivity (Wildman–Crippen MR) is 115 cm³/mol. The summed E-state index contributed by atoms with van der Waals surface area (Å²) in [6.45, 7) is -0.487. The fourth-order valence-corrected chi connectivity index (χ4v) is 3.99. The number of sulfonamides is 1. The van der Waals surface area contributed by atoms with Crippen molar-refractivity contribution in [3.63, 3.8) is 0 Å². The van der Waals surface area contributed by atoms with E-state index in [4.69, 9.17) is 10.8 Å². The first kappa shape index (κ1) is 24.3. The van der Waals surface area contributed by atoms with Gasteiger partial charge in [-0.25, -0.2) is 8.78 Å². The number of carbonyl (C=O) groups excluding carboxylic acids is 2. The molecule has 0 fully saturated rings. The summed E-state index contributed by atoms with van der Waals surface area (Å²) in [5.41, 5.74) is 5.08. The van der Waals surface area contributed by atoms with Crippen LogP contribution in [0.1, 0.15) is 10.4 Å². The Morgan fingerprint density at radius 3 is 2.33 bits per heavy atom. The Balaban J connectivity index is 1.78. The van der Waals surface area contributed by atoms with E-state index < -0.39 is 56.3 Å². The van der Waals surface area contributed by atoms with Crippen LogP contribution in [0.5, 0.6) is 0 Å². The van der Waals surface area contributed by atoms with Crippen molar-refractivity contribution in [2.75, 3.05) is 17.7 Å². The normalized spacial score (nSPS) is 12.2. The van der Waals surface area contributed by atoms with E-state index in [1.54, 1.807) is 0 Å². The Morgan fingerprint density at radius 1 is 1.15 bits per heavy atom. The molecule has 1 amide bonds. The summed E-state index contributed by atoms with van der Waals surface area (Å²) >= 11 is 0.873. The molecule has 0 saturated carbocycles. The molecular weight excluding hydrogens is 525 g/mol. The summed E-state index contributed by atoms with van der Waals surface area (Å²) < 4.78 is 53.9. The second-order valence-corrected chi connectivity index (χ2v) is 9.89. The third kappa shape index (κ3) is 5.35. The average Bonchev–Trinajstić information content (AvgIpc) is 3.12. The summed E-state index contributed by atoms with van der Waals surface area (Å²) in [4.78, 5) is 27.8. The van der Waals surface area contributed by atoms with Gasteiger partial charge in [-0.15, -0.1) is 0 Å². The minimum absolute atomic E-state index is 0.194. The fraction of sp³-hybridized carbons (Fsp3) is 0.111. The number of aliphatic hydroxyl groups is 1. The molecule has 0 saturated heterocycles. The van der Waals surface area contributed by atoms with Crippen LogP contribution in [0.25, 0.3) is 0 Å². The molecule has 2 unspecified atom stereocenters. The van der Waals surface area contributed by atoms with Crippen LogP contribution < -0.4 is 15.8 Å². The number of hydrogen-bond acceptors (Lipinski definition) is 9. The van der Waals surface area contributed by atoms with Crippen LogP contribution in [-0.2, 0) is 14.8 Å². The number of carbonyl (C=O) groups is 2. The predicted octanol–water partition coefficient (Wildman–Crippen LogP) is -0.211. The molecule has 3 aromatic rings. The molecule has 0 spiro atoms. The van der Waals surface area contributed by atoms with Gasteiger partial charge >= 0.3 is 134 Å². The van der Waals surface area contributed by atoms with Crippen molar-refractivity contribution >= 4 is 56.3 Å². The minimum atomic E-state index is -4.16. The SMILES string of the molecule is Nc1nc(Nc2ccc(S(=O)(=O)NC(=O)C([AsH2])CO)cc2)nn1C(=O)c1c(F)cccc1F. The van der Waals surface area contributed by atoms with Gasteiger partial charge in [-0.1, -0.05) is 6.07 Å². The number of anilines is 3. The Hall–Kier alpha value is -3.35. The quantitative estimate of drug-likeness (QED) is 0.295. The molecule has 0 aliphatic rings. The Kier molecular flexibility index (Phi) is 7.10. The van der Waals surface area contributed by atoms with E-state index in [2.05, 4.69) is 15.4 Å². The smallest absolute Gasteiger partial charge is 0.266 e. The molecule has 5 N–H and O–H groups in total. The van der Waals surface area contributed by atoms with Gasteiger partial charge < -0.3 is 5.73 Å². The molecule has 0 bridgehead atoms. The van der Waals surface area contributed by atoms with Crippen molar-refractivity contribution in [1.29, 1.82) is 0 Å². The van der Waals surface area contributed by atoms with E-state index in [0.29, 0.717) is 4.68 Å². The average molecular weight is 542 g/mol. The zero-order valence-corrected chi connectivity index (χ0v) is 19.8. The number of nitrogen functional groups attached to an aromatic ring is 1. The summed E-state index contributed by atoms with van der Waals surface area (Å²) in [5.74, 6) is -4.82. The number of aromatic nitrogens is 3. The third-order valence-corrected chi connectivity index (χ3v) is 6.63. The maximum absolute atomic E-state index is 13.9. The molecule has 15 heteroatoms. The van der Waals surface area contributed by atoms with Crippen molar-refractivity contribution in [1.82, 2.24) is 19.5 Å². The van der Waals surface area contributed by atoms with Crippen LogP contribution in [0.2, 0.25) is 4.71 Å². The molecule has 0 aliphatic carbocycles. The second kappa shape index (κ2) is 9.65. The second-order valence-electron chi connectivity index (χ2n) is 6.52. The number of amides is 1. The van der Waals surface area contributed by atoms with Crippen LogP contribution in [0.4, 0.5) is 26.4 Å². The number of nitrogens with two attached hydrogens (primary N) is 1. The standard InChI is InChI=1S/C18H17AsF2N6O5S/c19-11(8-28)15(29)26-33(31,32)10-6-4-9(5-7-10)23-18-24-17(22)27(25-18)16(30)14-12(20)2-1-3-13(14)21/h1-7,11,28H,8,19H2,(H,26,29)(H3,22,23,24,25). The zero-order valence-electron chi connectivity index (χ0n) is 16.6. The Morgan fingerprint density at radius 2 is 1.76 bits per heavy atom. The van der Waals surface area contributed by atoms with E-state index in [1.165, 1.54) is 24.3 Å². The monoisotopic (exact) mass is 542 g/mol. The van der Waals surface area contributed by atoms with Crippen molar-refractivity contribution in [2.24, 2.45) is 0 Å². The van der Waals surface area contributed by atoms with Gasteiger partial charge in [0.2, 0.25) is 0 Å². The molecule has 1 aromatic heterocycles. The molecule has 0 aliphatic heterocycles. The summed E-state index contributed by atoms with van der Waals surface area (Å²) in [7, 11) is -4.16. The summed E-state index contributed by atoms with van der Waals surface area (Å²) in [6, 6.07) is 7.95. The van der Waals surface area contributed by atoms with Gasteiger partial charge in [0.15, 0.2) is 0 Å². The number of benzene rings is 2. The topological polar surface area (TPSA) is 169 Å². The molecule has 2 aromatic carbocycles. The first-order chi connectivity index (χ1) is 15.5.